The van der Waals surface area contributed by atoms with Crippen LogP contribution in [0.1, 0.15) is 49.4 Å². The molecular weight excluding hydrogens is 310 g/mol. The van der Waals surface area contributed by atoms with Crippen LogP contribution in [-0.4, -0.2) is 46.9 Å². The first kappa shape index (κ1) is 18.0. The average molecular weight is 333 g/mol. The van der Waals surface area contributed by atoms with Crippen molar-refractivity contribution in [1.29, 1.82) is 0 Å². The van der Waals surface area contributed by atoms with E-state index in [9.17, 15) is 19.5 Å². The number of carbonyl (C=O) groups is 3. The Balaban J connectivity index is 1.90. The zero-order valence-corrected chi connectivity index (χ0v) is 13.9. The van der Waals surface area contributed by atoms with Crippen LogP contribution in [0.4, 0.5) is 0 Å². The summed E-state index contributed by atoms with van der Waals surface area (Å²) in [4.78, 5) is 37.1. The first-order valence-electron chi connectivity index (χ1n) is 8.31. The van der Waals surface area contributed by atoms with Gasteiger partial charge >= 0.3 is 5.97 Å². The Kier molecular flexibility index (Phi) is 6.35. The van der Waals surface area contributed by atoms with Crippen LogP contribution in [-0.2, 0) is 9.59 Å². The third-order valence-electron chi connectivity index (χ3n) is 4.16. The maximum absolute atomic E-state index is 12.3. The van der Waals surface area contributed by atoms with Crippen molar-refractivity contribution in [3.05, 3.63) is 29.8 Å². The lowest BCUT2D eigenvalue weighted by Gasteiger charge is -2.33. The zero-order valence-electron chi connectivity index (χ0n) is 13.9. The largest absolute Gasteiger partial charge is 0.494 e. The molecule has 24 heavy (non-hydrogen) atoms. The molecule has 2 rings (SSSR count). The summed E-state index contributed by atoms with van der Waals surface area (Å²) >= 11 is 0. The minimum atomic E-state index is -0.971. The predicted octanol–water partition coefficient (Wildman–Crippen LogP) is 2.51. The number of carboxylic acid groups (broad SMARTS) is 1. The second kappa shape index (κ2) is 8.47. The van der Waals surface area contributed by atoms with E-state index in [4.69, 9.17) is 4.74 Å². The van der Waals surface area contributed by atoms with Crippen molar-refractivity contribution in [1.82, 2.24) is 4.90 Å². The average Bonchev–Trinajstić information content (AvgIpc) is 2.60. The van der Waals surface area contributed by atoms with Gasteiger partial charge in [0, 0.05) is 24.9 Å². The van der Waals surface area contributed by atoms with Crippen LogP contribution in [0.15, 0.2) is 24.3 Å². The van der Waals surface area contributed by atoms with E-state index in [0.717, 1.165) is 12.8 Å². The lowest BCUT2D eigenvalue weighted by Crippen LogP contribution is -2.48. The smallest absolute Gasteiger partial charge is 0.326 e. The molecule has 6 nitrogen and oxygen atoms in total. The topological polar surface area (TPSA) is 83.9 Å². The van der Waals surface area contributed by atoms with Gasteiger partial charge in [-0.15, -0.1) is 0 Å². The van der Waals surface area contributed by atoms with Gasteiger partial charge < -0.3 is 14.7 Å². The molecule has 6 heteroatoms. The van der Waals surface area contributed by atoms with E-state index in [1.807, 2.05) is 6.92 Å². The van der Waals surface area contributed by atoms with Crippen molar-refractivity contribution in [3.63, 3.8) is 0 Å². The molecular formula is C18H23NO5. The monoisotopic (exact) mass is 333 g/mol. The van der Waals surface area contributed by atoms with Crippen LogP contribution >= 0.6 is 0 Å². The highest BCUT2D eigenvalue weighted by atomic mass is 16.5. The number of piperidine rings is 1. The SMILES string of the molecule is CCOc1ccc(C(=O)CCC(=O)N2CCCCC2C(=O)O)cc1. The first-order chi connectivity index (χ1) is 11.5. The Labute approximate surface area is 141 Å². The fraction of sp³-hybridized carbons (Fsp3) is 0.500. The molecule has 0 spiro atoms. The molecule has 1 saturated heterocycles. The number of nitrogens with zero attached hydrogens (tertiary/aromatic N) is 1. The number of hydrogen-bond acceptors (Lipinski definition) is 4. The number of benzene rings is 1. The summed E-state index contributed by atoms with van der Waals surface area (Å²) < 4.78 is 5.32. The van der Waals surface area contributed by atoms with Crippen molar-refractivity contribution >= 4 is 17.7 Å². The molecule has 0 radical (unpaired) electrons. The predicted molar refractivity (Wildman–Crippen MR) is 88.2 cm³/mol. The summed E-state index contributed by atoms with van der Waals surface area (Å²) in [6.07, 6.45) is 2.22. The number of likely N-dealkylation sites (tertiary alicyclic amines) is 1. The van der Waals surface area contributed by atoms with Crippen LogP contribution in [0.25, 0.3) is 0 Å². The Bertz CT molecular complexity index is 596. The molecule has 1 N–H and O–H groups in total. The molecule has 1 fully saturated rings. The summed E-state index contributed by atoms with van der Waals surface area (Å²) in [7, 11) is 0. The number of ketones is 1. The molecule has 1 aliphatic heterocycles. The van der Waals surface area contributed by atoms with Gasteiger partial charge in [0.1, 0.15) is 11.8 Å². The Hall–Kier alpha value is -2.37. The van der Waals surface area contributed by atoms with Crippen LogP contribution < -0.4 is 4.74 Å². The van der Waals surface area contributed by atoms with Crippen molar-refractivity contribution in [2.45, 2.75) is 45.1 Å². The van der Waals surface area contributed by atoms with Gasteiger partial charge in [0.2, 0.25) is 5.91 Å². The van der Waals surface area contributed by atoms with E-state index in [1.54, 1.807) is 24.3 Å². The second-order valence-electron chi connectivity index (χ2n) is 5.82. The maximum Gasteiger partial charge on any atom is 0.326 e. The molecule has 1 aromatic rings. The van der Waals surface area contributed by atoms with E-state index in [1.165, 1.54) is 4.90 Å². The van der Waals surface area contributed by atoms with Crippen LogP contribution in [0.3, 0.4) is 0 Å². The van der Waals surface area contributed by atoms with Crippen LogP contribution in [0.2, 0.25) is 0 Å². The number of hydrogen-bond donors (Lipinski definition) is 1. The Morgan fingerprint density at radius 1 is 1.17 bits per heavy atom. The minimum absolute atomic E-state index is 0.0375. The van der Waals surface area contributed by atoms with Crippen molar-refractivity contribution in [3.8, 4) is 5.75 Å². The van der Waals surface area contributed by atoms with Gasteiger partial charge in [-0.05, 0) is 50.5 Å². The van der Waals surface area contributed by atoms with Gasteiger partial charge in [-0.25, -0.2) is 4.79 Å². The summed E-state index contributed by atoms with van der Waals surface area (Å²) in [5.41, 5.74) is 0.527. The number of carbonyl (C=O) groups excluding carboxylic acids is 2. The van der Waals surface area contributed by atoms with Crippen molar-refractivity contribution in [2.75, 3.05) is 13.2 Å². The standard InChI is InChI=1S/C18H23NO5/c1-2-24-14-8-6-13(7-9-14)16(20)10-11-17(21)19-12-4-3-5-15(19)18(22)23/h6-9,15H,2-5,10-12H2,1H3,(H,22,23). The third-order valence-corrected chi connectivity index (χ3v) is 4.16. The molecule has 0 aromatic heterocycles. The van der Waals surface area contributed by atoms with Gasteiger partial charge in [0.15, 0.2) is 5.78 Å². The third kappa shape index (κ3) is 4.57. The number of carboxylic acids is 1. The quantitative estimate of drug-likeness (QED) is 0.775. The van der Waals surface area contributed by atoms with Crippen molar-refractivity contribution in [2.24, 2.45) is 0 Å². The fourth-order valence-corrected chi connectivity index (χ4v) is 2.90. The lowest BCUT2D eigenvalue weighted by molar-refractivity contribution is -0.152. The highest BCUT2D eigenvalue weighted by Gasteiger charge is 2.31. The minimum Gasteiger partial charge on any atom is -0.494 e. The molecule has 1 unspecified atom stereocenters. The fourth-order valence-electron chi connectivity index (χ4n) is 2.90. The molecule has 0 aliphatic carbocycles. The van der Waals surface area contributed by atoms with E-state index in [2.05, 4.69) is 0 Å². The second-order valence-corrected chi connectivity index (χ2v) is 5.82. The molecule has 1 heterocycles. The van der Waals surface area contributed by atoms with Crippen molar-refractivity contribution < 1.29 is 24.2 Å². The molecule has 1 aromatic carbocycles. The maximum atomic E-state index is 12.3. The first-order valence-corrected chi connectivity index (χ1v) is 8.31. The molecule has 1 aliphatic rings. The van der Waals surface area contributed by atoms with E-state index in [-0.39, 0.29) is 24.5 Å². The number of rotatable bonds is 7. The normalized spacial score (nSPS) is 17.4. The summed E-state index contributed by atoms with van der Waals surface area (Å²) in [5, 5.41) is 9.21. The molecule has 0 bridgehead atoms. The lowest BCUT2D eigenvalue weighted by atomic mass is 10.0. The Morgan fingerprint density at radius 2 is 1.88 bits per heavy atom. The number of amides is 1. The van der Waals surface area contributed by atoms with E-state index >= 15 is 0 Å². The van der Waals surface area contributed by atoms with Crippen LogP contribution in [0.5, 0.6) is 5.75 Å². The highest BCUT2D eigenvalue weighted by molar-refractivity contribution is 5.98. The van der Waals surface area contributed by atoms with Gasteiger partial charge in [0.25, 0.3) is 0 Å². The van der Waals surface area contributed by atoms with Crippen LogP contribution in [0, 0.1) is 0 Å². The summed E-state index contributed by atoms with van der Waals surface area (Å²) in [6.45, 7) is 2.89. The van der Waals surface area contributed by atoms with E-state index < -0.39 is 12.0 Å². The number of Topliss-reactive ketones (excluding diaryl/α,β-unsaturated/α-hetero) is 1. The van der Waals surface area contributed by atoms with E-state index in [0.29, 0.717) is 30.9 Å². The molecule has 1 amide bonds. The number of aliphatic carboxylic acids is 1. The van der Waals surface area contributed by atoms with Gasteiger partial charge in [-0.1, -0.05) is 0 Å². The van der Waals surface area contributed by atoms with Gasteiger partial charge in [-0.2, -0.15) is 0 Å². The van der Waals surface area contributed by atoms with Gasteiger partial charge in [0.05, 0.1) is 6.61 Å². The molecule has 1 atom stereocenters. The van der Waals surface area contributed by atoms with Gasteiger partial charge in [-0.3, -0.25) is 9.59 Å². The highest BCUT2D eigenvalue weighted by Crippen LogP contribution is 2.19. The summed E-state index contributed by atoms with van der Waals surface area (Å²) in [5.74, 6) is -0.666. The molecule has 0 saturated carbocycles. The summed E-state index contributed by atoms with van der Waals surface area (Å²) in [6, 6.07) is 6.05. The zero-order chi connectivity index (χ0) is 17.5. The molecule has 130 valence electrons. The Morgan fingerprint density at radius 3 is 2.50 bits per heavy atom. The number of ether oxygens (including phenoxy) is 1.